The average molecular weight is 368 g/mol. The summed E-state index contributed by atoms with van der Waals surface area (Å²) in [5.74, 6) is 0.251. The predicted molar refractivity (Wildman–Crippen MR) is 97.6 cm³/mol. The number of aromatic nitrogens is 4. The van der Waals surface area contributed by atoms with Gasteiger partial charge in [-0.2, -0.15) is 0 Å². The number of rotatable bonds is 6. The second-order valence-corrected chi connectivity index (χ2v) is 7.46. The van der Waals surface area contributed by atoms with E-state index in [1.54, 1.807) is 11.6 Å². The van der Waals surface area contributed by atoms with Crippen LogP contribution in [0.5, 0.6) is 0 Å². The molecule has 8 heteroatoms. The minimum Gasteiger partial charge on any atom is -0.319 e. The third-order valence-electron chi connectivity index (χ3n) is 5.58. The zero-order valence-corrected chi connectivity index (χ0v) is 15.7. The van der Waals surface area contributed by atoms with Gasteiger partial charge in [0.1, 0.15) is 5.54 Å². The molecule has 1 N–H and O–H groups in total. The number of benzene rings is 1. The van der Waals surface area contributed by atoms with Crippen LogP contribution in [0, 0.1) is 0 Å². The van der Waals surface area contributed by atoms with Gasteiger partial charge in [-0.3, -0.25) is 9.69 Å². The number of hydrogen-bond acceptors (Lipinski definition) is 5. The van der Waals surface area contributed by atoms with Crippen LogP contribution in [0.2, 0.25) is 0 Å². The number of hydrogen-bond donors (Lipinski definition) is 1. The zero-order valence-electron chi connectivity index (χ0n) is 15.7. The average Bonchev–Trinajstić information content (AvgIpc) is 3.35. The van der Waals surface area contributed by atoms with Gasteiger partial charge in [-0.15, -0.1) is 5.10 Å². The highest BCUT2D eigenvalue weighted by molar-refractivity contribution is 6.07. The van der Waals surface area contributed by atoms with Crippen molar-refractivity contribution in [1.29, 1.82) is 0 Å². The van der Waals surface area contributed by atoms with Crippen LogP contribution in [0.3, 0.4) is 0 Å². The largest absolute Gasteiger partial charge is 0.325 e. The quantitative estimate of drug-likeness (QED) is 0.787. The van der Waals surface area contributed by atoms with Gasteiger partial charge in [-0.1, -0.05) is 31.5 Å². The maximum atomic E-state index is 13.2. The first kappa shape index (κ1) is 17.6. The van der Waals surface area contributed by atoms with Gasteiger partial charge in [0.2, 0.25) is 0 Å². The first-order valence-electron chi connectivity index (χ1n) is 9.54. The zero-order chi connectivity index (χ0) is 19.0. The van der Waals surface area contributed by atoms with Crippen molar-refractivity contribution >= 4 is 11.9 Å². The SMILES string of the molecule is CCCCn1nnnc1CN1C(=O)NC(C)(c2ccc3c(c2)CCC3)C1=O. The summed E-state index contributed by atoms with van der Waals surface area (Å²) in [5.41, 5.74) is 2.38. The first-order valence-corrected chi connectivity index (χ1v) is 9.54. The molecular formula is C19H24N6O2. The number of tetrazole rings is 1. The molecule has 1 aromatic heterocycles. The number of nitrogens with zero attached hydrogens (tertiary/aromatic N) is 5. The molecule has 8 nitrogen and oxygen atoms in total. The standard InChI is InChI=1S/C19H24N6O2/c1-3-4-10-25-16(21-22-23-25)12-24-17(26)19(2,20-18(24)27)15-9-8-13-6-5-7-14(13)11-15/h8-9,11H,3-7,10,12H2,1-2H3,(H,20,27). The summed E-state index contributed by atoms with van der Waals surface area (Å²) in [5, 5.41) is 14.5. The van der Waals surface area contributed by atoms with Crippen molar-refractivity contribution < 1.29 is 9.59 Å². The molecule has 2 heterocycles. The summed E-state index contributed by atoms with van der Waals surface area (Å²) < 4.78 is 1.66. The summed E-state index contributed by atoms with van der Waals surface area (Å²) in [7, 11) is 0. The number of aryl methyl sites for hydroxylation is 3. The molecule has 1 aliphatic carbocycles. The molecule has 1 fully saturated rings. The fourth-order valence-electron chi connectivity index (χ4n) is 3.88. The third kappa shape index (κ3) is 2.98. The molecule has 27 heavy (non-hydrogen) atoms. The number of imide groups is 1. The van der Waals surface area contributed by atoms with Crippen LogP contribution < -0.4 is 5.32 Å². The van der Waals surface area contributed by atoms with Crippen LogP contribution in [0.15, 0.2) is 18.2 Å². The molecule has 1 saturated heterocycles. The highest BCUT2D eigenvalue weighted by atomic mass is 16.2. The Morgan fingerprint density at radius 2 is 2.04 bits per heavy atom. The maximum Gasteiger partial charge on any atom is 0.325 e. The number of fused-ring (bicyclic) bond motifs is 1. The van der Waals surface area contributed by atoms with Gasteiger partial charge < -0.3 is 5.32 Å². The second kappa shape index (κ2) is 6.75. The van der Waals surface area contributed by atoms with Crippen molar-refractivity contribution in [2.75, 3.05) is 0 Å². The van der Waals surface area contributed by atoms with E-state index in [1.807, 2.05) is 6.07 Å². The number of carbonyl (C=O) groups excluding carboxylic acids is 2. The molecule has 1 aromatic carbocycles. The number of amides is 3. The summed E-state index contributed by atoms with van der Waals surface area (Å²) >= 11 is 0. The molecule has 2 aliphatic rings. The smallest absolute Gasteiger partial charge is 0.319 e. The van der Waals surface area contributed by atoms with E-state index in [4.69, 9.17) is 0 Å². The highest BCUT2D eigenvalue weighted by Gasteiger charge is 2.49. The minimum atomic E-state index is -1.06. The highest BCUT2D eigenvalue weighted by Crippen LogP contribution is 2.33. The third-order valence-corrected chi connectivity index (χ3v) is 5.58. The number of unbranched alkanes of at least 4 members (excludes halogenated alkanes) is 1. The van der Waals surface area contributed by atoms with Crippen molar-refractivity contribution in [1.82, 2.24) is 30.4 Å². The van der Waals surface area contributed by atoms with Gasteiger partial charge in [0.25, 0.3) is 5.91 Å². The van der Waals surface area contributed by atoms with E-state index in [-0.39, 0.29) is 12.5 Å². The van der Waals surface area contributed by atoms with Crippen LogP contribution >= 0.6 is 0 Å². The summed E-state index contributed by atoms with van der Waals surface area (Å²) in [6, 6.07) is 5.69. The lowest BCUT2D eigenvalue weighted by molar-refractivity contribution is -0.131. The molecule has 142 valence electrons. The van der Waals surface area contributed by atoms with E-state index in [0.29, 0.717) is 12.4 Å². The van der Waals surface area contributed by atoms with Crippen LogP contribution in [0.4, 0.5) is 4.79 Å². The Morgan fingerprint density at radius 1 is 1.22 bits per heavy atom. The maximum absolute atomic E-state index is 13.2. The summed E-state index contributed by atoms with van der Waals surface area (Å²) in [6.07, 6.45) is 5.20. The van der Waals surface area contributed by atoms with Crippen LogP contribution in [-0.2, 0) is 36.3 Å². The van der Waals surface area contributed by atoms with E-state index in [2.05, 4.69) is 39.9 Å². The van der Waals surface area contributed by atoms with Crippen molar-refractivity contribution in [2.45, 2.75) is 64.6 Å². The number of nitrogens with one attached hydrogen (secondary N) is 1. The molecule has 2 aromatic rings. The Bertz CT molecular complexity index is 892. The molecular weight excluding hydrogens is 344 g/mol. The van der Waals surface area contributed by atoms with E-state index in [1.165, 1.54) is 16.0 Å². The van der Waals surface area contributed by atoms with Crippen molar-refractivity contribution in [3.8, 4) is 0 Å². The molecule has 4 rings (SSSR count). The number of carbonyl (C=O) groups is 2. The molecule has 3 amide bonds. The Hall–Kier alpha value is -2.77. The van der Waals surface area contributed by atoms with Crippen molar-refractivity contribution in [3.05, 3.63) is 40.7 Å². The van der Waals surface area contributed by atoms with Gasteiger partial charge >= 0.3 is 6.03 Å². The Kier molecular flexibility index (Phi) is 4.41. The lowest BCUT2D eigenvalue weighted by atomic mass is 9.89. The van der Waals surface area contributed by atoms with E-state index in [9.17, 15) is 9.59 Å². The molecule has 1 unspecified atom stereocenters. The van der Waals surface area contributed by atoms with E-state index < -0.39 is 11.6 Å². The molecule has 0 saturated carbocycles. The van der Waals surface area contributed by atoms with Gasteiger partial charge in [0.15, 0.2) is 5.82 Å². The summed E-state index contributed by atoms with van der Waals surface area (Å²) in [6.45, 7) is 4.60. The van der Waals surface area contributed by atoms with Crippen LogP contribution in [0.1, 0.15) is 55.6 Å². The second-order valence-electron chi connectivity index (χ2n) is 7.46. The van der Waals surface area contributed by atoms with Crippen molar-refractivity contribution in [3.63, 3.8) is 0 Å². The fraction of sp³-hybridized carbons (Fsp3) is 0.526. The molecule has 0 spiro atoms. The Morgan fingerprint density at radius 3 is 2.85 bits per heavy atom. The van der Waals surface area contributed by atoms with Crippen molar-refractivity contribution in [2.24, 2.45) is 0 Å². The lowest BCUT2D eigenvalue weighted by Gasteiger charge is -2.23. The molecule has 1 atom stereocenters. The topological polar surface area (TPSA) is 93.0 Å². The van der Waals surface area contributed by atoms with Gasteiger partial charge in [-0.25, -0.2) is 9.48 Å². The monoisotopic (exact) mass is 368 g/mol. The number of urea groups is 1. The molecule has 0 radical (unpaired) electrons. The normalized spacial score (nSPS) is 21.6. The predicted octanol–water partition coefficient (Wildman–Crippen LogP) is 1.93. The van der Waals surface area contributed by atoms with Gasteiger partial charge in [0, 0.05) is 6.54 Å². The lowest BCUT2D eigenvalue weighted by Crippen LogP contribution is -2.41. The van der Waals surface area contributed by atoms with E-state index >= 15 is 0 Å². The van der Waals surface area contributed by atoms with E-state index in [0.717, 1.165) is 37.7 Å². The van der Waals surface area contributed by atoms with Gasteiger partial charge in [0.05, 0.1) is 6.54 Å². The van der Waals surface area contributed by atoms with Crippen LogP contribution in [-0.4, -0.2) is 37.0 Å². The minimum absolute atomic E-state index is 0.0713. The van der Waals surface area contributed by atoms with Gasteiger partial charge in [-0.05, 0) is 59.7 Å². The molecule has 0 bridgehead atoms. The Labute approximate surface area is 157 Å². The summed E-state index contributed by atoms with van der Waals surface area (Å²) in [4.78, 5) is 26.9. The first-order chi connectivity index (χ1) is 13.0. The Balaban J connectivity index is 1.58. The molecule has 1 aliphatic heterocycles. The fourth-order valence-corrected chi connectivity index (χ4v) is 3.88. The van der Waals surface area contributed by atoms with Crippen LogP contribution in [0.25, 0.3) is 0 Å².